The third kappa shape index (κ3) is 4.12. The number of urea groups is 1. The van der Waals surface area contributed by atoms with Gasteiger partial charge in [0, 0.05) is 10.4 Å². The molecule has 1 N–H and O–H groups in total. The molecule has 25 heavy (non-hydrogen) atoms. The van der Waals surface area contributed by atoms with Gasteiger partial charge in [0.25, 0.3) is 0 Å². The van der Waals surface area contributed by atoms with Crippen LogP contribution in [-0.2, 0) is 5.41 Å². The summed E-state index contributed by atoms with van der Waals surface area (Å²) in [4.78, 5) is 14.6. The van der Waals surface area contributed by atoms with Crippen molar-refractivity contribution in [3.63, 3.8) is 0 Å². The Morgan fingerprint density at radius 2 is 1.84 bits per heavy atom. The zero-order chi connectivity index (χ0) is 19.0. The highest BCUT2D eigenvalue weighted by Crippen LogP contribution is 2.46. The van der Waals surface area contributed by atoms with Crippen molar-refractivity contribution in [3.8, 4) is 6.07 Å². The minimum absolute atomic E-state index is 0.00602. The molecule has 4 nitrogen and oxygen atoms in total. The average Bonchev–Trinajstić information content (AvgIpc) is 2.77. The van der Waals surface area contributed by atoms with Crippen molar-refractivity contribution >= 4 is 23.5 Å². The van der Waals surface area contributed by atoms with Crippen LogP contribution in [0.3, 0.4) is 0 Å². The van der Waals surface area contributed by atoms with E-state index in [-0.39, 0.29) is 27.5 Å². The number of thioether (sulfide) groups is 1. The maximum absolute atomic E-state index is 12.9. The van der Waals surface area contributed by atoms with Crippen molar-refractivity contribution in [2.24, 2.45) is 5.92 Å². The fraction of sp³-hybridized carbons (Fsp3) is 0.600. The van der Waals surface area contributed by atoms with E-state index in [9.17, 15) is 10.1 Å². The van der Waals surface area contributed by atoms with Crippen LogP contribution in [0.1, 0.15) is 54.0 Å². The molecule has 0 spiro atoms. The van der Waals surface area contributed by atoms with Gasteiger partial charge in [-0.3, -0.25) is 4.90 Å². The lowest BCUT2D eigenvalue weighted by molar-refractivity contribution is 0.184. The molecule has 1 fully saturated rings. The van der Waals surface area contributed by atoms with Crippen LogP contribution in [0.2, 0.25) is 0 Å². The van der Waals surface area contributed by atoms with E-state index in [1.165, 1.54) is 5.56 Å². The lowest BCUT2D eigenvalue weighted by Gasteiger charge is -2.29. The molecular formula is C20H29N3OS. The molecule has 0 radical (unpaired) electrons. The largest absolute Gasteiger partial charge is 0.323 e. The van der Waals surface area contributed by atoms with Crippen molar-refractivity contribution in [3.05, 3.63) is 29.8 Å². The third-order valence-corrected chi connectivity index (χ3v) is 6.41. The van der Waals surface area contributed by atoms with E-state index >= 15 is 0 Å². The summed E-state index contributed by atoms with van der Waals surface area (Å²) in [6.45, 7) is 14.7. The smallest absolute Gasteiger partial charge is 0.308 e. The number of benzene rings is 1. The van der Waals surface area contributed by atoms with E-state index in [1.54, 1.807) is 16.7 Å². The number of carbonyl (C=O) groups is 1. The fourth-order valence-corrected chi connectivity index (χ4v) is 4.58. The van der Waals surface area contributed by atoms with Crippen LogP contribution in [0, 0.1) is 17.2 Å². The molecule has 2 amide bonds. The number of rotatable bonds is 2. The molecular weight excluding hydrogens is 330 g/mol. The lowest BCUT2D eigenvalue weighted by Crippen LogP contribution is -2.48. The second-order valence-corrected chi connectivity index (χ2v) is 10.3. The Bertz CT molecular complexity index is 668. The normalized spacial score (nSPS) is 22.8. The summed E-state index contributed by atoms with van der Waals surface area (Å²) < 4.78 is -0.281. The van der Waals surface area contributed by atoms with Crippen molar-refractivity contribution in [1.82, 2.24) is 4.90 Å². The van der Waals surface area contributed by atoms with Gasteiger partial charge in [0.05, 0.1) is 11.4 Å². The summed E-state index contributed by atoms with van der Waals surface area (Å²) in [6.07, 6.45) is 0. The molecule has 136 valence electrons. The van der Waals surface area contributed by atoms with E-state index in [4.69, 9.17) is 0 Å². The summed E-state index contributed by atoms with van der Waals surface area (Å²) in [7, 11) is 0. The first kappa shape index (κ1) is 19.7. The maximum atomic E-state index is 12.9. The number of nitriles is 1. The van der Waals surface area contributed by atoms with Crippen molar-refractivity contribution in [2.75, 3.05) is 5.32 Å². The number of hydrogen-bond donors (Lipinski definition) is 1. The van der Waals surface area contributed by atoms with Gasteiger partial charge in [-0.15, -0.1) is 11.8 Å². The molecule has 0 bridgehead atoms. The van der Waals surface area contributed by atoms with Crippen molar-refractivity contribution < 1.29 is 4.79 Å². The van der Waals surface area contributed by atoms with Gasteiger partial charge in [0.2, 0.25) is 0 Å². The van der Waals surface area contributed by atoms with Gasteiger partial charge in [-0.05, 0) is 42.9 Å². The van der Waals surface area contributed by atoms with E-state index in [0.717, 1.165) is 5.69 Å². The molecule has 1 aromatic rings. The maximum Gasteiger partial charge on any atom is 0.323 e. The second kappa shape index (κ2) is 6.92. The fourth-order valence-electron chi connectivity index (χ4n) is 3.06. The molecule has 1 aromatic carbocycles. The molecule has 2 rings (SSSR count). The van der Waals surface area contributed by atoms with Gasteiger partial charge in [0.15, 0.2) is 0 Å². The summed E-state index contributed by atoms with van der Waals surface area (Å²) in [5.41, 5.74) is 2.05. The Hall–Kier alpha value is -1.67. The molecule has 1 heterocycles. The zero-order valence-corrected chi connectivity index (χ0v) is 17.1. The summed E-state index contributed by atoms with van der Waals surface area (Å²) in [5, 5.41) is 12.6. The van der Waals surface area contributed by atoms with E-state index < -0.39 is 6.04 Å². The number of amides is 2. The minimum Gasteiger partial charge on any atom is -0.308 e. The lowest BCUT2D eigenvalue weighted by atomic mass is 9.87. The Kier molecular flexibility index (Phi) is 5.44. The standard InChI is InChI=1S/C20H29N3OS/c1-13(2)17-23(16(12-21)20(6,7)25-17)18(24)22-15-10-8-14(9-11-15)19(3,4)5/h8-11,13,16-17H,1-7H3,(H,22,24). The number of carbonyl (C=O) groups excluding carboxylic acids is 1. The van der Waals surface area contributed by atoms with Gasteiger partial charge in [-0.25, -0.2) is 4.79 Å². The predicted octanol–water partition coefficient (Wildman–Crippen LogP) is 5.22. The van der Waals surface area contributed by atoms with Crippen LogP contribution in [-0.4, -0.2) is 27.1 Å². The van der Waals surface area contributed by atoms with Crippen LogP contribution in [0.4, 0.5) is 10.5 Å². The van der Waals surface area contributed by atoms with Gasteiger partial charge in [-0.1, -0.05) is 46.8 Å². The monoisotopic (exact) mass is 359 g/mol. The molecule has 0 aliphatic carbocycles. The summed E-state index contributed by atoms with van der Waals surface area (Å²) >= 11 is 1.70. The molecule has 0 aromatic heterocycles. The number of nitrogens with one attached hydrogen (secondary N) is 1. The molecule has 1 saturated heterocycles. The number of anilines is 1. The van der Waals surface area contributed by atoms with Crippen LogP contribution in [0.15, 0.2) is 24.3 Å². The Labute approximate surface area is 156 Å². The van der Waals surface area contributed by atoms with Crippen LogP contribution >= 0.6 is 11.8 Å². The Balaban J connectivity index is 2.22. The number of nitrogens with zero attached hydrogens (tertiary/aromatic N) is 2. The minimum atomic E-state index is -0.446. The van der Waals surface area contributed by atoms with Crippen LogP contribution < -0.4 is 5.32 Å². The summed E-state index contributed by atoms with van der Waals surface area (Å²) in [6, 6.07) is 9.62. The third-order valence-electron chi connectivity index (χ3n) is 4.56. The topological polar surface area (TPSA) is 56.1 Å². The van der Waals surface area contributed by atoms with Crippen LogP contribution in [0.25, 0.3) is 0 Å². The quantitative estimate of drug-likeness (QED) is 0.788. The first-order valence-corrected chi connectivity index (χ1v) is 9.62. The van der Waals surface area contributed by atoms with Crippen molar-refractivity contribution in [2.45, 2.75) is 70.0 Å². The highest BCUT2D eigenvalue weighted by molar-refractivity contribution is 8.01. The number of hydrogen-bond acceptors (Lipinski definition) is 3. The molecule has 1 aliphatic heterocycles. The molecule has 1 aliphatic rings. The first-order chi connectivity index (χ1) is 11.5. The van der Waals surface area contributed by atoms with Gasteiger partial charge in [-0.2, -0.15) is 5.26 Å². The predicted molar refractivity (Wildman–Crippen MR) is 106 cm³/mol. The Morgan fingerprint density at radius 1 is 1.28 bits per heavy atom. The first-order valence-electron chi connectivity index (χ1n) is 8.74. The average molecular weight is 360 g/mol. The zero-order valence-electron chi connectivity index (χ0n) is 16.3. The van der Waals surface area contributed by atoms with Gasteiger partial charge < -0.3 is 5.32 Å². The second-order valence-electron chi connectivity index (χ2n) is 8.55. The highest BCUT2D eigenvalue weighted by atomic mass is 32.2. The highest BCUT2D eigenvalue weighted by Gasteiger charge is 2.50. The van der Waals surface area contributed by atoms with Crippen LogP contribution in [0.5, 0.6) is 0 Å². The van der Waals surface area contributed by atoms with Gasteiger partial charge >= 0.3 is 6.03 Å². The molecule has 2 unspecified atom stereocenters. The van der Waals surface area contributed by atoms with E-state index in [1.807, 2.05) is 38.1 Å². The van der Waals surface area contributed by atoms with E-state index in [2.05, 4.69) is 46.0 Å². The van der Waals surface area contributed by atoms with Crippen molar-refractivity contribution in [1.29, 1.82) is 5.26 Å². The van der Waals surface area contributed by atoms with Gasteiger partial charge in [0.1, 0.15) is 6.04 Å². The molecule has 5 heteroatoms. The Morgan fingerprint density at radius 3 is 2.28 bits per heavy atom. The van der Waals surface area contributed by atoms with E-state index in [0.29, 0.717) is 0 Å². The summed E-state index contributed by atoms with van der Waals surface area (Å²) in [5.74, 6) is 0.275. The molecule has 0 saturated carbocycles. The SMILES string of the molecule is CC(C)C1SC(C)(C)C(C#N)N1C(=O)Nc1ccc(C(C)(C)C)cc1. The molecule has 2 atom stereocenters.